The maximum atomic E-state index is 11.6. The number of amides is 1. The van der Waals surface area contributed by atoms with Crippen molar-refractivity contribution in [3.8, 4) is 5.75 Å². The number of hydrogen-bond donors (Lipinski definition) is 2. The quantitative estimate of drug-likeness (QED) is 0.798. The second kappa shape index (κ2) is 6.12. The molecule has 0 saturated heterocycles. The van der Waals surface area contributed by atoms with E-state index in [1.165, 1.54) is 0 Å². The van der Waals surface area contributed by atoms with Crippen LogP contribution < -0.4 is 15.8 Å². The number of nitrogens with two attached hydrogens (primary N) is 1. The second-order valence-corrected chi connectivity index (χ2v) is 3.76. The predicted octanol–water partition coefficient (Wildman–Crippen LogP) is 1.76. The van der Waals surface area contributed by atoms with Crippen molar-refractivity contribution in [3.05, 3.63) is 24.3 Å². The summed E-state index contributed by atoms with van der Waals surface area (Å²) < 4.78 is 5.13. The number of ether oxygens (including phenoxy) is 1. The van der Waals surface area contributed by atoms with E-state index < -0.39 is 0 Å². The molecule has 1 unspecified atom stereocenters. The highest BCUT2D eigenvalue weighted by molar-refractivity contribution is 5.92. The number of nitrogens with one attached hydrogen (secondary N) is 1. The lowest BCUT2D eigenvalue weighted by Gasteiger charge is -2.10. The molecule has 1 rings (SSSR count). The van der Waals surface area contributed by atoms with Gasteiger partial charge in [-0.15, -0.1) is 0 Å². The molecule has 88 valence electrons. The molecule has 0 heterocycles. The van der Waals surface area contributed by atoms with Crippen molar-refractivity contribution in [2.45, 2.75) is 25.8 Å². The molecular formula is C12H18N2O2. The zero-order valence-corrected chi connectivity index (χ0v) is 9.69. The average Bonchev–Trinajstić information content (AvgIpc) is 2.27. The van der Waals surface area contributed by atoms with Crippen molar-refractivity contribution in [2.24, 2.45) is 5.73 Å². The Morgan fingerprint density at radius 2 is 2.19 bits per heavy atom. The molecule has 0 aliphatic heterocycles. The molecule has 0 saturated carbocycles. The maximum Gasteiger partial charge on any atom is 0.224 e. The SMILES string of the molecule is COc1ccccc1NC(=O)CCC(C)N. The molecular weight excluding hydrogens is 204 g/mol. The van der Waals surface area contributed by atoms with Crippen molar-refractivity contribution < 1.29 is 9.53 Å². The summed E-state index contributed by atoms with van der Waals surface area (Å²) in [6, 6.07) is 7.37. The van der Waals surface area contributed by atoms with E-state index in [1.807, 2.05) is 25.1 Å². The second-order valence-electron chi connectivity index (χ2n) is 3.76. The summed E-state index contributed by atoms with van der Waals surface area (Å²) in [5, 5.41) is 2.80. The summed E-state index contributed by atoms with van der Waals surface area (Å²) in [6.45, 7) is 1.89. The molecule has 0 aliphatic carbocycles. The lowest BCUT2D eigenvalue weighted by Crippen LogP contribution is -2.19. The Morgan fingerprint density at radius 3 is 2.81 bits per heavy atom. The topological polar surface area (TPSA) is 64.3 Å². The first kappa shape index (κ1) is 12.5. The Balaban J connectivity index is 2.55. The molecule has 0 spiro atoms. The Morgan fingerprint density at radius 1 is 1.50 bits per heavy atom. The Labute approximate surface area is 95.8 Å². The van der Waals surface area contributed by atoms with Crippen LogP contribution in [0.25, 0.3) is 0 Å². The van der Waals surface area contributed by atoms with Crippen molar-refractivity contribution >= 4 is 11.6 Å². The van der Waals surface area contributed by atoms with Crippen molar-refractivity contribution in [1.29, 1.82) is 0 Å². The number of benzene rings is 1. The van der Waals surface area contributed by atoms with Gasteiger partial charge in [0.25, 0.3) is 0 Å². The number of anilines is 1. The number of hydrogen-bond acceptors (Lipinski definition) is 3. The lowest BCUT2D eigenvalue weighted by atomic mass is 10.2. The van der Waals surface area contributed by atoms with Gasteiger partial charge in [0, 0.05) is 12.5 Å². The van der Waals surface area contributed by atoms with E-state index >= 15 is 0 Å². The lowest BCUT2D eigenvalue weighted by molar-refractivity contribution is -0.116. The monoisotopic (exact) mass is 222 g/mol. The minimum absolute atomic E-state index is 0.0400. The first-order valence-electron chi connectivity index (χ1n) is 5.32. The van der Waals surface area contributed by atoms with Crippen LogP contribution >= 0.6 is 0 Å². The van der Waals surface area contributed by atoms with Gasteiger partial charge in [0.2, 0.25) is 5.91 Å². The highest BCUT2D eigenvalue weighted by Crippen LogP contribution is 2.23. The fourth-order valence-electron chi connectivity index (χ4n) is 1.32. The highest BCUT2D eigenvalue weighted by atomic mass is 16.5. The zero-order valence-electron chi connectivity index (χ0n) is 9.69. The van der Waals surface area contributed by atoms with E-state index in [4.69, 9.17) is 10.5 Å². The van der Waals surface area contributed by atoms with Crippen LogP contribution in [-0.2, 0) is 4.79 Å². The van der Waals surface area contributed by atoms with Crippen LogP contribution in [-0.4, -0.2) is 19.1 Å². The van der Waals surface area contributed by atoms with Crippen LogP contribution in [0.2, 0.25) is 0 Å². The van der Waals surface area contributed by atoms with Gasteiger partial charge in [-0.05, 0) is 25.5 Å². The number of carbonyl (C=O) groups excluding carboxylic acids is 1. The van der Waals surface area contributed by atoms with Gasteiger partial charge in [0.1, 0.15) is 5.75 Å². The van der Waals surface area contributed by atoms with Crippen LogP contribution in [0.15, 0.2) is 24.3 Å². The molecule has 1 amide bonds. The van der Waals surface area contributed by atoms with Crippen LogP contribution in [0.1, 0.15) is 19.8 Å². The van der Waals surface area contributed by atoms with Crippen LogP contribution in [0.3, 0.4) is 0 Å². The number of para-hydroxylation sites is 2. The Bertz CT molecular complexity index is 351. The summed E-state index contributed by atoms with van der Waals surface area (Å²) in [7, 11) is 1.58. The van der Waals surface area contributed by atoms with Gasteiger partial charge < -0.3 is 15.8 Å². The van der Waals surface area contributed by atoms with Gasteiger partial charge in [0.15, 0.2) is 0 Å². The van der Waals surface area contributed by atoms with E-state index in [0.29, 0.717) is 24.3 Å². The normalized spacial score (nSPS) is 11.9. The number of carbonyl (C=O) groups is 1. The van der Waals surface area contributed by atoms with E-state index in [1.54, 1.807) is 13.2 Å². The molecule has 4 nitrogen and oxygen atoms in total. The summed E-state index contributed by atoms with van der Waals surface area (Å²) in [6.07, 6.45) is 1.11. The largest absolute Gasteiger partial charge is 0.495 e. The third-order valence-corrected chi connectivity index (χ3v) is 2.21. The number of rotatable bonds is 5. The maximum absolute atomic E-state index is 11.6. The van der Waals surface area contributed by atoms with Crippen LogP contribution in [0.4, 0.5) is 5.69 Å². The summed E-state index contributed by atoms with van der Waals surface area (Å²) in [4.78, 5) is 11.6. The van der Waals surface area contributed by atoms with Gasteiger partial charge in [-0.1, -0.05) is 12.1 Å². The minimum atomic E-state index is -0.0400. The molecule has 3 N–H and O–H groups in total. The molecule has 4 heteroatoms. The van der Waals surface area contributed by atoms with Gasteiger partial charge >= 0.3 is 0 Å². The summed E-state index contributed by atoms with van der Waals surface area (Å²) in [5.74, 6) is 0.624. The van der Waals surface area contributed by atoms with Crippen molar-refractivity contribution in [2.75, 3.05) is 12.4 Å². The minimum Gasteiger partial charge on any atom is -0.495 e. The molecule has 16 heavy (non-hydrogen) atoms. The van der Waals surface area contributed by atoms with E-state index in [0.717, 1.165) is 0 Å². The van der Waals surface area contributed by atoms with E-state index in [-0.39, 0.29) is 11.9 Å². The smallest absolute Gasteiger partial charge is 0.224 e. The standard InChI is InChI=1S/C12H18N2O2/c1-9(13)7-8-12(15)14-10-5-3-4-6-11(10)16-2/h3-6,9H,7-8,13H2,1-2H3,(H,14,15). The van der Waals surface area contributed by atoms with E-state index in [9.17, 15) is 4.79 Å². The molecule has 0 aliphatic rings. The molecule has 0 radical (unpaired) electrons. The number of methoxy groups -OCH3 is 1. The fourth-order valence-corrected chi connectivity index (χ4v) is 1.32. The molecule has 0 fully saturated rings. The first-order chi connectivity index (χ1) is 7.63. The van der Waals surface area contributed by atoms with Crippen LogP contribution in [0, 0.1) is 0 Å². The van der Waals surface area contributed by atoms with E-state index in [2.05, 4.69) is 5.32 Å². The third kappa shape index (κ3) is 3.90. The fraction of sp³-hybridized carbons (Fsp3) is 0.417. The van der Waals surface area contributed by atoms with Crippen molar-refractivity contribution in [1.82, 2.24) is 0 Å². The zero-order chi connectivity index (χ0) is 12.0. The van der Waals surface area contributed by atoms with Crippen LogP contribution in [0.5, 0.6) is 5.75 Å². The summed E-state index contributed by atoms with van der Waals surface area (Å²) >= 11 is 0. The molecule has 1 atom stereocenters. The third-order valence-electron chi connectivity index (χ3n) is 2.21. The molecule has 0 aromatic heterocycles. The summed E-state index contributed by atoms with van der Waals surface area (Å²) in [5.41, 5.74) is 6.28. The Hall–Kier alpha value is -1.55. The van der Waals surface area contributed by atoms with Gasteiger partial charge in [-0.3, -0.25) is 4.79 Å². The first-order valence-corrected chi connectivity index (χ1v) is 5.32. The van der Waals surface area contributed by atoms with Gasteiger partial charge in [-0.25, -0.2) is 0 Å². The Kier molecular flexibility index (Phi) is 4.79. The molecule has 1 aromatic rings. The van der Waals surface area contributed by atoms with Gasteiger partial charge in [0.05, 0.1) is 12.8 Å². The van der Waals surface area contributed by atoms with Crippen molar-refractivity contribution in [3.63, 3.8) is 0 Å². The predicted molar refractivity (Wildman–Crippen MR) is 64.5 cm³/mol. The molecule has 0 bridgehead atoms. The average molecular weight is 222 g/mol. The highest BCUT2D eigenvalue weighted by Gasteiger charge is 2.07. The molecule has 1 aromatic carbocycles. The van der Waals surface area contributed by atoms with Gasteiger partial charge in [-0.2, -0.15) is 0 Å².